The molecule has 4 rings (SSSR count). The number of unbranched alkanes of at least 4 members (excludes halogenated alkanes) is 1. The Kier molecular flexibility index (Phi) is 9.02. The molecular weight excluding hydrogens is 625 g/mol. The first-order valence-electron chi connectivity index (χ1n) is 10.8. The first kappa shape index (κ1) is 24.7. The topological polar surface area (TPSA) is 75.6 Å². The van der Waals surface area contributed by atoms with E-state index >= 15 is 0 Å². The average Bonchev–Trinajstić information content (AvgIpc) is 3.45. The number of hydrogen-bond donors (Lipinski definition) is 2. The number of fused-ring (bicyclic) bond motifs is 3. The molecule has 0 unspecified atom stereocenters. The van der Waals surface area contributed by atoms with Crippen molar-refractivity contribution >= 4 is 33.3 Å². The standard InChI is InChI=1S/C24H29NO4S.Ac/c1-29-22(27)7-5-3-2-4-6-18-15-8-9-16(12-15)23(18)25-24(28)20-14-30-21-11-10-17(26)13-19(20)21;/h2,4,10-11,13-16,18,23,26H,3,5-9,12H2,1H3,(H,25,28);/b4-2-;/t15-,16+,18-,23-;/m0./s1. The second-order valence-corrected chi connectivity index (χ2v) is 9.41. The van der Waals surface area contributed by atoms with Gasteiger partial charge in [0.2, 0.25) is 0 Å². The Labute approximate surface area is 223 Å². The number of carbonyl (C=O) groups is 2. The molecule has 163 valence electrons. The fraction of sp³-hybridized carbons (Fsp3) is 0.500. The van der Waals surface area contributed by atoms with Crippen molar-refractivity contribution in [2.24, 2.45) is 17.8 Å². The molecule has 1 heterocycles. The van der Waals surface area contributed by atoms with Crippen LogP contribution in [0.1, 0.15) is 55.3 Å². The van der Waals surface area contributed by atoms with Gasteiger partial charge in [-0.1, -0.05) is 12.2 Å². The SMILES string of the molecule is COC(=O)CCC/C=C\C[C@H]1[C@H]2CC[C@H](C2)[C@@H]1NC(=O)c1csc2ccc(O)cc12.[Ac]. The Balaban J connectivity index is 0.00000272. The summed E-state index contributed by atoms with van der Waals surface area (Å²) in [5.41, 5.74) is 0.658. The van der Waals surface area contributed by atoms with Crippen molar-refractivity contribution in [3.63, 3.8) is 0 Å². The van der Waals surface area contributed by atoms with Gasteiger partial charge in [-0.15, -0.1) is 11.3 Å². The molecule has 2 aliphatic rings. The molecule has 2 aromatic rings. The van der Waals surface area contributed by atoms with Crippen LogP contribution >= 0.6 is 11.3 Å². The first-order valence-corrected chi connectivity index (χ1v) is 11.7. The van der Waals surface area contributed by atoms with E-state index in [1.165, 1.54) is 37.7 Å². The van der Waals surface area contributed by atoms with Gasteiger partial charge < -0.3 is 15.2 Å². The summed E-state index contributed by atoms with van der Waals surface area (Å²) in [5, 5.41) is 15.9. The molecule has 0 spiro atoms. The fourth-order valence-corrected chi connectivity index (χ4v) is 6.16. The average molecular weight is 655 g/mol. The van der Waals surface area contributed by atoms with Gasteiger partial charge >= 0.3 is 5.97 Å². The van der Waals surface area contributed by atoms with Crippen LogP contribution in [0.2, 0.25) is 0 Å². The van der Waals surface area contributed by atoms with Crippen LogP contribution in [0, 0.1) is 61.8 Å². The van der Waals surface area contributed by atoms with E-state index in [-0.39, 0.29) is 67.7 Å². The van der Waals surface area contributed by atoms with Gasteiger partial charge in [0.25, 0.3) is 5.91 Å². The Morgan fingerprint density at radius 1 is 1.26 bits per heavy atom. The molecule has 1 amide bonds. The molecule has 0 saturated heterocycles. The van der Waals surface area contributed by atoms with Crippen molar-refractivity contribution in [3.8, 4) is 5.75 Å². The number of phenolic OH excluding ortho intramolecular Hbond substituents is 1. The summed E-state index contributed by atoms with van der Waals surface area (Å²) in [5.74, 6) is 1.72. The number of amides is 1. The van der Waals surface area contributed by atoms with Crippen LogP contribution in [0.15, 0.2) is 35.7 Å². The van der Waals surface area contributed by atoms with E-state index in [0.717, 1.165) is 29.3 Å². The van der Waals surface area contributed by atoms with Crippen LogP contribution in [0.25, 0.3) is 10.1 Å². The number of aromatic hydroxyl groups is 1. The predicted octanol–water partition coefficient (Wildman–Crippen LogP) is 5.04. The van der Waals surface area contributed by atoms with Crippen molar-refractivity contribution in [2.45, 2.75) is 51.0 Å². The van der Waals surface area contributed by atoms with Crippen molar-refractivity contribution in [1.82, 2.24) is 5.32 Å². The summed E-state index contributed by atoms with van der Waals surface area (Å²) in [7, 11) is 1.42. The molecule has 1 aromatic heterocycles. The quantitative estimate of drug-likeness (QED) is 0.238. The molecule has 2 saturated carbocycles. The van der Waals surface area contributed by atoms with Gasteiger partial charge in [0.1, 0.15) is 5.75 Å². The maximum absolute atomic E-state index is 13.1. The second-order valence-electron chi connectivity index (χ2n) is 8.50. The number of benzene rings is 1. The van der Waals surface area contributed by atoms with E-state index in [1.54, 1.807) is 12.1 Å². The van der Waals surface area contributed by atoms with Gasteiger partial charge in [0.05, 0.1) is 12.7 Å². The van der Waals surface area contributed by atoms with Gasteiger partial charge in [-0.05, 0) is 74.5 Å². The van der Waals surface area contributed by atoms with Crippen LogP contribution in [0.3, 0.4) is 0 Å². The maximum Gasteiger partial charge on any atom is 0.305 e. The van der Waals surface area contributed by atoms with E-state index < -0.39 is 0 Å². The monoisotopic (exact) mass is 654 g/mol. The number of thiophene rings is 1. The summed E-state index contributed by atoms with van der Waals surface area (Å²) >= 11 is 1.53. The summed E-state index contributed by atoms with van der Waals surface area (Å²) in [6, 6.07) is 5.40. The molecule has 2 bridgehead atoms. The molecule has 2 N–H and O–H groups in total. The van der Waals surface area contributed by atoms with E-state index in [2.05, 4.69) is 22.2 Å². The minimum Gasteiger partial charge on any atom is -0.508 e. The van der Waals surface area contributed by atoms with Gasteiger partial charge in [0.15, 0.2) is 0 Å². The molecule has 1 radical (unpaired) electrons. The first-order chi connectivity index (χ1) is 14.6. The van der Waals surface area contributed by atoms with E-state index in [9.17, 15) is 14.7 Å². The third-order valence-corrected chi connectivity index (χ3v) is 7.71. The maximum atomic E-state index is 13.1. The molecule has 31 heavy (non-hydrogen) atoms. The van der Waals surface area contributed by atoms with E-state index in [4.69, 9.17) is 0 Å². The van der Waals surface area contributed by atoms with Crippen LogP contribution in [0.5, 0.6) is 5.75 Å². The van der Waals surface area contributed by atoms with Crippen LogP contribution < -0.4 is 5.32 Å². The van der Waals surface area contributed by atoms with Crippen molar-refractivity contribution < 1.29 is 63.5 Å². The second kappa shape index (κ2) is 11.3. The molecule has 4 atom stereocenters. The number of esters is 1. The normalized spacial score (nSPS) is 24.4. The number of carbonyl (C=O) groups excluding carboxylic acids is 2. The minimum atomic E-state index is -0.159. The number of hydrogen-bond acceptors (Lipinski definition) is 5. The predicted molar refractivity (Wildman–Crippen MR) is 119 cm³/mol. The smallest absolute Gasteiger partial charge is 0.305 e. The zero-order valence-electron chi connectivity index (χ0n) is 17.9. The van der Waals surface area contributed by atoms with Crippen LogP contribution in [-0.4, -0.2) is 30.1 Å². The van der Waals surface area contributed by atoms with Gasteiger partial charge in [-0.25, -0.2) is 0 Å². The number of methoxy groups -OCH3 is 1. The molecule has 0 aliphatic heterocycles. The molecular formula is C24H29AcNO4S. The summed E-state index contributed by atoms with van der Waals surface area (Å²) in [6.07, 6.45) is 11.1. The van der Waals surface area contributed by atoms with E-state index in [1.807, 2.05) is 11.4 Å². The number of allylic oxidation sites excluding steroid dienone is 2. The molecule has 7 heteroatoms. The van der Waals surface area contributed by atoms with Crippen molar-refractivity contribution in [1.29, 1.82) is 0 Å². The number of nitrogens with one attached hydrogen (secondary N) is 1. The zero-order chi connectivity index (χ0) is 21.1. The van der Waals surface area contributed by atoms with Crippen molar-refractivity contribution in [3.05, 3.63) is 41.3 Å². The Morgan fingerprint density at radius 2 is 2.06 bits per heavy atom. The molecule has 1 aromatic carbocycles. The fourth-order valence-electron chi connectivity index (χ4n) is 5.23. The number of ether oxygens (including phenoxy) is 1. The largest absolute Gasteiger partial charge is 0.508 e. The number of rotatable bonds is 8. The third kappa shape index (κ3) is 5.73. The Morgan fingerprint density at radius 3 is 2.87 bits per heavy atom. The summed E-state index contributed by atoms with van der Waals surface area (Å²) in [6.45, 7) is 0. The van der Waals surface area contributed by atoms with Gasteiger partial charge in [-0.2, -0.15) is 0 Å². The molecule has 2 aliphatic carbocycles. The van der Waals surface area contributed by atoms with Gasteiger partial charge in [-0.3, -0.25) is 9.59 Å². The Hall–Kier alpha value is -0.898. The van der Waals surface area contributed by atoms with Crippen LogP contribution in [-0.2, 0) is 9.53 Å². The summed E-state index contributed by atoms with van der Waals surface area (Å²) < 4.78 is 5.68. The minimum absolute atomic E-state index is 0. The van der Waals surface area contributed by atoms with Crippen molar-refractivity contribution in [2.75, 3.05) is 7.11 Å². The number of phenols is 1. The van der Waals surface area contributed by atoms with E-state index in [0.29, 0.717) is 29.7 Å². The Bertz CT molecular complexity index is 956. The van der Waals surface area contributed by atoms with Gasteiger partial charge in [0, 0.05) is 72.0 Å². The summed E-state index contributed by atoms with van der Waals surface area (Å²) in [4.78, 5) is 24.3. The van der Waals surface area contributed by atoms with Crippen LogP contribution in [0.4, 0.5) is 0 Å². The molecule has 5 nitrogen and oxygen atoms in total. The zero-order valence-corrected chi connectivity index (χ0v) is 23.4. The molecule has 2 fully saturated rings. The third-order valence-electron chi connectivity index (χ3n) is 6.74.